The minimum absolute atomic E-state index is 0.0219. The maximum absolute atomic E-state index is 12.3. The van der Waals surface area contributed by atoms with E-state index in [1.165, 1.54) is 6.42 Å². The van der Waals surface area contributed by atoms with Crippen molar-refractivity contribution in [3.8, 4) is 0 Å². The number of carbonyl (C=O) groups is 1. The van der Waals surface area contributed by atoms with Crippen LogP contribution in [0.15, 0.2) is 18.5 Å². The molecule has 1 saturated heterocycles. The van der Waals surface area contributed by atoms with Crippen molar-refractivity contribution in [2.75, 3.05) is 32.0 Å². The standard InChI is InChI=1S/C15H24N4O/c1-3-7-17-14-11-16-8-6-13(14)15(20)18-10-12-5-4-9-19(12)2/h6,8,11-12,17H,3-5,7,9-10H2,1-2H3,(H,18,20). The molecule has 1 fully saturated rings. The topological polar surface area (TPSA) is 57.3 Å². The molecule has 1 aromatic rings. The Morgan fingerprint density at radius 1 is 1.55 bits per heavy atom. The Hall–Kier alpha value is -1.62. The molecule has 2 N–H and O–H groups in total. The summed E-state index contributed by atoms with van der Waals surface area (Å²) in [5.74, 6) is -0.0219. The molecule has 1 aliphatic rings. The molecule has 0 saturated carbocycles. The number of likely N-dealkylation sites (N-methyl/N-ethyl adjacent to an activating group) is 1. The Morgan fingerprint density at radius 2 is 2.40 bits per heavy atom. The van der Waals surface area contributed by atoms with Crippen LogP contribution in [-0.4, -0.2) is 48.5 Å². The number of amides is 1. The van der Waals surface area contributed by atoms with Gasteiger partial charge in [0, 0.05) is 25.3 Å². The van der Waals surface area contributed by atoms with Gasteiger partial charge < -0.3 is 15.5 Å². The van der Waals surface area contributed by atoms with Gasteiger partial charge in [0.15, 0.2) is 0 Å². The van der Waals surface area contributed by atoms with Crippen LogP contribution in [-0.2, 0) is 0 Å². The predicted octanol–water partition coefficient (Wildman–Crippen LogP) is 1.73. The number of likely N-dealkylation sites (tertiary alicyclic amines) is 1. The van der Waals surface area contributed by atoms with Crippen LogP contribution < -0.4 is 10.6 Å². The SMILES string of the molecule is CCCNc1cnccc1C(=O)NCC1CCCN1C. The number of hydrogen-bond donors (Lipinski definition) is 2. The highest BCUT2D eigenvalue weighted by molar-refractivity contribution is 5.99. The van der Waals surface area contributed by atoms with Crippen molar-refractivity contribution >= 4 is 11.6 Å². The van der Waals surface area contributed by atoms with Gasteiger partial charge in [0.25, 0.3) is 5.91 Å². The van der Waals surface area contributed by atoms with E-state index in [-0.39, 0.29) is 5.91 Å². The van der Waals surface area contributed by atoms with Crippen LogP contribution in [0.3, 0.4) is 0 Å². The third-order valence-corrected chi connectivity index (χ3v) is 3.80. The van der Waals surface area contributed by atoms with Crippen LogP contribution in [0.2, 0.25) is 0 Å². The number of hydrogen-bond acceptors (Lipinski definition) is 4. The average molecular weight is 276 g/mol. The van der Waals surface area contributed by atoms with E-state index in [0.717, 1.165) is 31.6 Å². The van der Waals surface area contributed by atoms with Crippen molar-refractivity contribution in [3.63, 3.8) is 0 Å². The van der Waals surface area contributed by atoms with Gasteiger partial charge in [-0.05, 0) is 38.9 Å². The van der Waals surface area contributed by atoms with Crippen molar-refractivity contribution in [2.24, 2.45) is 0 Å². The summed E-state index contributed by atoms with van der Waals surface area (Å²) in [6.07, 6.45) is 6.77. The van der Waals surface area contributed by atoms with Gasteiger partial charge in [0.1, 0.15) is 0 Å². The summed E-state index contributed by atoms with van der Waals surface area (Å²) in [5, 5.41) is 6.29. The molecule has 0 bridgehead atoms. The maximum atomic E-state index is 12.3. The number of rotatable bonds is 6. The van der Waals surface area contributed by atoms with E-state index < -0.39 is 0 Å². The van der Waals surface area contributed by atoms with Crippen LogP contribution in [0.1, 0.15) is 36.5 Å². The molecule has 0 spiro atoms. The van der Waals surface area contributed by atoms with E-state index in [1.54, 1.807) is 18.5 Å². The molecule has 0 aromatic carbocycles. The second-order valence-corrected chi connectivity index (χ2v) is 5.33. The van der Waals surface area contributed by atoms with Gasteiger partial charge >= 0.3 is 0 Å². The van der Waals surface area contributed by atoms with Crippen molar-refractivity contribution in [1.82, 2.24) is 15.2 Å². The molecule has 1 atom stereocenters. The summed E-state index contributed by atoms with van der Waals surface area (Å²) < 4.78 is 0. The minimum atomic E-state index is -0.0219. The third kappa shape index (κ3) is 3.70. The highest BCUT2D eigenvalue weighted by Gasteiger charge is 2.21. The fourth-order valence-electron chi connectivity index (χ4n) is 2.54. The average Bonchev–Trinajstić information content (AvgIpc) is 2.88. The van der Waals surface area contributed by atoms with Crippen LogP contribution in [0, 0.1) is 0 Å². The molecule has 1 aliphatic heterocycles. The lowest BCUT2D eigenvalue weighted by atomic mass is 10.2. The Balaban J connectivity index is 1.94. The fourth-order valence-corrected chi connectivity index (χ4v) is 2.54. The van der Waals surface area contributed by atoms with Crippen molar-refractivity contribution < 1.29 is 4.79 Å². The molecule has 1 unspecified atom stereocenters. The zero-order valence-electron chi connectivity index (χ0n) is 12.4. The molecule has 2 rings (SSSR count). The molecule has 0 aliphatic carbocycles. The van der Waals surface area contributed by atoms with Crippen LogP contribution in [0.4, 0.5) is 5.69 Å². The molecule has 1 amide bonds. The molecular weight excluding hydrogens is 252 g/mol. The summed E-state index contributed by atoms with van der Waals surface area (Å²) in [6.45, 7) is 4.78. The Morgan fingerprint density at radius 3 is 3.10 bits per heavy atom. The summed E-state index contributed by atoms with van der Waals surface area (Å²) in [4.78, 5) is 18.7. The van der Waals surface area contributed by atoms with E-state index >= 15 is 0 Å². The van der Waals surface area contributed by atoms with Crippen molar-refractivity contribution in [2.45, 2.75) is 32.2 Å². The summed E-state index contributed by atoms with van der Waals surface area (Å²) in [6, 6.07) is 2.24. The lowest BCUT2D eigenvalue weighted by molar-refractivity contribution is 0.0944. The fraction of sp³-hybridized carbons (Fsp3) is 0.600. The minimum Gasteiger partial charge on any atom is -0.383 e. The maximum Gasteiger partial charge on any atom is 0.253 e. The first-order chi connectivity index (χ1) is 9.72. The summed E-state index contributed by atoms with van der Waals surface area (Å²) >= 11 is 0. The number of nitrogens with zero attached hydrogens (tertiary/aromatic N) is 2. The van der Waals surface area contributed by atoms with Gasteiger partial charge in [0.2, 0.25) is 0 Å². The highest BCUT2D eigenvalue weighted by atomic mass is 16.1. The largest absolute Gasteiger partial charge is 0.383 e. The molecule has 2 heterocycles. The van der Waals surface area contributed by atoms with Gasteiger partial charge in [-0.2, -0.15) is 0 Å². The zero-order chi connectivity index (χ0) is 14.4. The van der Waals surface area contributed by atoms with Crippen LogP contribution in [0.5, 0.6) is 0 Å². The van der Waals surface area contributed by atoms with Gasteiger partial charge in [-0.1, -0.05) is 6.92 Å². The molecule has 5 heteroatoms. The second kappa shape index (κ2) is 7.24. The van der Waals surface area contributed by atoms with E-state index in [2.05, 4.69) is 34.5 Å². The molecule has 1 aromatic heterocycles. The molecule has 5 nitrogen and oxygen atoms in total. The van der Waals surface area contributed by atoms with E-state index in [9.17, 15) is 4.79 Å². The Bertz CT molecular complexity index is 449. The Kier molecular flexibility index (Phi) is 5.35. The van der Waals surface area contributed by atoms with Gasteiger partial charge in [-0.3, -0.25) is 9.78 Å². The molecular formula is C15H24N4O. The molecule has 20 heavy (non-hydrogen) atoms. The molecule has 110 valence electrons. The quantitative estimate of drug-likeness (QED) is 0.831. The molecule has 0 radical (unpaired) electrons. The monoisotopic (exact) mass is 276 g/mol. The lowest BCUT2D eigenvalue weighted by Crippen LogP contribution is -2.38. The number of anilines is 1. The summed E-state index contributed by atoms with van der Waals surface area (Å²) in [7, 11) is 2.12. The number of nitrogens with one attached hydrogen (secondary N) is 2. The van der Waals surface area contributed by atoms with E-state index in [1.807, 2.05) is 0 Å². The highest BCUT2D eigenvalue weighted by Crippen LogP contribution is 2.15. The van der Waals surface area contributed by atoms with Crippen molar-refractivity contribution in [1.29, 1.82) is 0 Å². The first kappa shape index (κ1) is 14.8. The predicted molar refractivity (Wildman–Crippen MR) is 81.0 cm³/mol. The smallest absolute Gasteiger partial charge is 0.253 e. The first-order valence-corrected chi connectivity index (χ1v) is 7.38. The number of aromatic nitrogens is 1. The van der Waals surface area contributed by atoms with Crippen LogP contribution in [0.25, 0.3) is 0 Å². The third-order valence-electron chi connectivity index (χ3n) is 3.80. The second-order valence-electron chi connectivity index (χ2n) is 5.33. The van der Waals surface area contributed by atoms with Gasteiger partial charge in [0.05, 0.1) is 17.4 Å². The van der Waals surface area contributed by atoms with Crippen molar-refractivity contribution in [3.05, 3.63) is 24.0 Å². The van der Waals surface area contributed by atoms with E-state index in [0.29, 0.717) is 18.2 Å². The van der Waals surface area contributed by atoms with Gasteiger partial charge in [-0.25, -0.2) is 0 Å². The normalized spacial score (nSPS) is 19.0. The zero-order valence-corrected chi connectivity index (χ0v) is 12.4. The first-order valence-electron chi connectivity index (χ1n) is 7.38. The number of carbonyl (C=O) groups excluding carboxylic acids is 1. The number of pyridine rings is 1. The summed E-state index contributed by atoms with van der Waals surface area (Å²) in [5.41, 5.74) is 1.49. The Labute approximate surface area is 120 Å². The van der Waals surface area contributed by atoms with E-state index in [4.69, 9.17) is 0 Å². The van der Waals surface area contributed by atoms with Gasteiger partial charge in [-0.15, -0.1) is 0 Å². The van der Waals surface area contributed by atoms with Crippen LogP contribution >= 0.6 is 0 Å². The lowest BCUT2D eigenvalue weighted by Gasteiger charge is -2.20.